The Morgan fingerprint density at radius 2 is 2.17 bits per heavy atom. The summed E-state index contributed by atoms with van der Waals surface area (Å²) in [7, 11) is 0. The van der Waals surface area contributed by atoms with E-state index in [1.807, 2.05) is 12.1 Å². The SMILES string of the molecule is c1cnnc(CNc2nnc(CNC3CC3)o2)c1. The van der Waals surface area contributed by atoms with Gasteiger partial charge in [0.15, 0.2) is 0 Å². The molecule has 2 N–H and O–H groups in total. The monoisotopic (exact) mass is 246 g/mol. The molecule has 7 nitrogen and oxygen atoms in total. The summed E-state index contributed by atoms with van der Waals surface area (Å²) >= 11 is 0. The fourth-order valence-corrected chi connectivity index (χ4v) is 1.51. The highest BCUT2D eigenvalue weighted by Gasteiger charge is 2.21. The van der Waals surface area contributed by atoms with Crippen LogP contribution >= 0.6 is 0 Å². The van der Waals surface area contributed by atoms with Crippen LogP contribution in [-0.4, -0.2) is 26.4 Å². The molecule has 0 amide bonds. The zero-order valence-corrected chi connectivity index (χ0v) is 9.83. The first kappa shape index (κ1) is 11.1. The Balaban J connectivity index is 1.50. The first-order valence-electron chi connectivity index (χ1n) is 5.96. The first-order chi connectivity index (χ1) is 8.90. The summed E-state index contributed by atoms with van der Waals surface area (Å²) in [5.74, 6) is 0.601. The predicted octanol–water partition coefficient (Wildman–Crippen LogP) is 0.724. The van der Waals surface area contributed by atoms with Crippen molar-refractivity contribution in [1.29, 1.82) is 0 Å². The molecular weight excluding hydrogens is 232 g/mol. The maximum Gasteiger partial charge on any atom is 0.315 e. The van der Waals surface area contributed by atoms with E-state index in [0.717, 1.165) is 5.69 Å². The van der Waals surface area contributed by atoms with E-state index in [1.54, 1.807) is 6.20 Å². The van der Waals surface area contributed by atoms with Crippen molar-refractivity contribution in [2.24, 2.45) is 0 Å². The molecule has 3 rings (SSSR count). The minimum absolute atomic E-state index is 0.410. The number of anilines is 1. The van der Waals surface area contributed by atoms with Gasteiger partial charge in [0.2, 0.25) is 5.89 Å². The van der Waals surface area contributed by atoms with Crippen molar-refractivity contribution in [2.45, 2.75) is 32.0 Å². The number of hydrogen-bond donors (Lipinski definition) is 2. The van der Waals surface area contributed by atoms with Gasteiger partial charge in [-0.3, -0.25) is 0 Å². The summed E-state index contributed by atoms with van der Waals surface area (Å²) in [4.78, 5) is 0. The molecule has 94 valence electrons. The van der Waals surface area contributed by atoms with Crippen LogP contribution in [0.2, 0.25) is 0 Å². The van der Waals surface area contributed by atoms with Gasteiger partial charge in [-0.05, 0) is 25.0 Å². The quantitative estimate of drug-likeness (QED) is 0.776. The van der Waals surface area contributed by atoms with Crippen LogP contribution in [0.3, 0.4) is 0 Å². The van der Waals surface area contributed by atoms with E-state index in [9.17, 15) is 0 Å². The molecular formula is C11H14N6O. The minimum atomic E-state index is 0.410. The molecule has 1 saturated carbocycles. The van der Waals surface area contributed by atoms with Crippen molar-refractivity contribution >= 4 is 6.01 Å². The van der Waals surface area contributed by atoms with Crippen LogP contribution in [0.4, 0.5) is 6.01 Å². The topological polar surface area (TPSA) is 88.8 Å². The molecule has 0 spiro atoms. The van der Waals surface area contributed by atoms with Crippen LogP contribution in [0, 0.1) is 0 Å². The maximum absolute atomic E-state index is 5.44. The zero-order valence-electron chi connectivity index (χ0n) is 9.83. The van der Waals surface area contributed by atoms with Gasteiger partial charge in [0.25, 0.3) is 0 Å². The van der Waals surface area contributed by atoms with Crippen molar-refractivity contribution in [2.75, 3.05) is 5.32 Å². The molecule has 0 aromatic carbocycles. The van der Waals surface area contributed by atoms with E-state index in [0.29, 0.717) is 31.0 Å². The van der Waals surface area contributed by atoms with E-state index in [4.69, 9.17) is 4.42 Å². The van der Waals surface area contributed by atoms with Gasteiger partial charge >= 0.3 is 6.01 Å². The fraction of sp³-hybridized carbons (Fsp3) is 0.455. The fourth-order valence-electron chi connectivity index (χ4n) is 1.51. The summed E-state index contributed by atoms with van der Waals surface area (Å²) in [6.45, 7) is 1.15. The number of nitrogens with zero attached hydrogens (tertiary/aromatic N) is 4. The van der Waals surface area contributed by atoms with Crippen LogP contribution in [0.15, 0.2) is 22.7 Å². The second-order valence-electron chi connectivity index (χ2n) is 4.22. The summed E-state index contributed by atoms with van der Waals surface area (Å²) in [6.07, 6.45) is 4.12. The highest BCUT2D eigenvalue weighted by molar-refractivity contribution is 5.19. The molecule has 18 heavy (non-hydrogen) atoms. The third kappa shape index (κ3) is 3.01. The molecule has 1 aliphatic carbocycles. The molecule has 0 radical (unpaired) electrons. The standard InChI is InChI=1S/C11H14N6O/c1-2-9(15-14-5-1)6-13-11-17-16-10(18-11)7-12-8-3-4-8/h1-2,5,8,12H,3-4,6-7H2,(H,13,17). The Hall–Kier alpha value is -2.02. The van der Waals surface area contributed by atoms with Crippen LogP contribution in [-0.2, 0) is 13.1 Å². The van der Waals surface area contributed by atoms with Gasteiger partial charge in [0, 0.05) is 12.2 Å². The summed E-state index contributed by atoms with van der Waals surface area (Å²) < 4.78 is 5.44. The van der Waals surface area contributed by atoms with Gasteiger partial charge in [0.05, 0.1) is 18.8 Å². The number of hydrogen-bond acceptors (Lipinski definition) is 7. The molecule has 0 atom stereocenters. The second kappa shape index (κ2) is 5.09. The highest BCUT2D eigenvalue weighted by atomic mass is 16.4. The molecule has 1 fully saturated rings. The highest BCUT2D eigenvalue weighted by Crippen LogP contribution is 2.19. The predicted molar refractivity (Wildman–Crippen MR) is 63.5 cm³/mol. The first-order valence-corrected chi connectivity index (χ1v) is 5.96. The van der Waals surface area contributed by atoms with Gasteiger partial charge < -0.3 is 15.1 Å². The van der Waals surface area contributed by atoms with E-state index in [2.05, 4.69) is 31.0 Å². The minimum Gasteiger partial charge on any atom is -0.407 e. The second-order valence-corrected chi connectivity index (χ2v) is 4.22. The lowest BCUT2D eigenvalue weighted by molar-refractivity contribution is 0.475. The van der Waals surface area contributed by atoms with E-state index < -0.39 is 0 Å². The molecule has 2 aromatic rings. The van der Waals surface area contributed by atoms with Crippen molar-refractivity contribution in [1.82, 2.24) is 25.7 Å². The Labute approximate surface area is 104 Å². The summed E-state index contributed by atoms with van der Waals surface area (Å²) in [5, 5.41) is 21.9. The van der Waals surface area contributed by atoms with Crippen molar-refractivity contribution in [3.63, 3.8) is 0 Å². The van der Waals surface area contributed by atoms with Gasteiger partial charge in [-0.25, -0.2) is 0 Å². The number of rotatable bonds is 6. The molecule has 0 unspecified atom stereocenters. The van der Waals surface area contributed by atoms with Crippen molar-refractivity contribution < 1.29 is 4.42 Å². The summed E-state index contributed by atoms with van der Waals surface area (Å²) in [5.41, 5.74) is 0.827. The number of aromatic nitrogens is 4. The molecule has 2 heterocycles. The van der Waals surface area contributed by atoms with E-state index >= 15 is 0 Å². The largest absolute Gasteiger partial charge is 0.407 e. The van der Waals surface area contributed by atoms with Crippen LogP contribution < -0.4 is 10.6 Å². The van der Waals surface area contributed by atoms with Crippen molar-refractivity contribution in [3.8, 4) is 0 Å². The number of nitrogens with one attached hydrogen (secondary N) is 2. The summed E-state index contributed by atoms with van der Waals surface area (Å²) in [6, 6.07) is 4.76. The lowest BCUT2D eigenvalue weighted by Crippen LogP contribution is -2.15. The molecule has 1 aliphatic rings. The van der Waals surface area contributed by atoms with Gasteiger partial charge in [-0.2, -0.15) is 10.2 Å². The van der Waals surface area contributed by atoms with Gasteiger partial charge in [-0.15, -0.1) is 5.10 Å². The zero-order chi connectivity index (χ0) is 12.2. The average molecular weight is 246 g/mol. The van der Waals surface area contributed by atoms with E-state index in [-0.39, 0.29) is 0 Å². The average Bonchev–Trinajstić information content (AvgIpc) is 3.14. The third-order valence-corrected chi connectivity index (χ3v) is 2.63. The normalized spacial score (nSPS) is 14.7. The Morgan fingerprint density at radius 1 is 1.22 bits per heavy atom. The lowest BCUT2D eigenvalue weighted by Gasteiger charge is -1.99. The molecule has 0 saturated heterocycles. The molecule has 7 heteroatoms. The van der Waals surface area contributed by atoms with Gasteiger partial charge in [-0.1, -0.05) is 5.10 Å². The smallest absolute Gasteiger partial charge is 0.315 e. The van der Waals surface area contributed by atoms with Crippen molar-refractivity contribution in [3.05, 3.63) is 29.9 Å². The maximum atomic E-state index is 5.44. The Morgan fingerprint density at radius 3 is 2.94 bits per heavy atom. The Kier molecular flexibility index (Phi) is 3.14. The van der Waals surface area contributed by atoms with Crippen LogP contribution in [0.1, 0.15) is 24.4 Å². The molecule has 0 aliphatic heterocycles. The Bertz CT molecular complexity index is 495. The van der Waals surface area contributed by atoms with Crippen LogP contribution in [0.5, 0.6) is 0 Å². The lowest BCUT2D eigenvalue weighted by atomic mass is 10.4. The van der Waals surface area contributed by atoms with Gasteiger partial charge in [0.1, 0.15) is 0 Å². The molecule has 2 aromatic heterocycles. The van der Waals surface area contributed by atoms with E-state index in [1.165, 1.54) is 12.8 Å². The third-order valence-electron chi connectivity index (χ3n) is 2.63. The molecule has 0 bridgehead atoms. The van der Waals surface area contributed by atoms with Crippen LogP contribution in [0.25, 0.3) is 0 Å².